The maximum atomic E-state index is 11.2. The van der Waals surface area contributed by atoms with Crippen molar-refractivity contribution in [1.29, 1.82) is 0 Å². The van der Waals surface area contributed by atoms with Crippen LogP contribution in [0.3, 0.4) is 0 Å². The largest absolute Gasteiger partial charge is 2.00 e. The summed E-state index contributed by atoms with van der Waals surface area (Å²) in [5.74, 6) is 0. The first kappa shape index (κ1) is 43.8. The zero-order chi connectivity index (χ0) is 32.5. The SMILES string of the molecule is CCCCCCCCCCCCc1ccccc1S(=O)(=O)[O-].CCCCCCCCCCCCc1ccccc1S(=O)(=O)[O-].[Cu+2]. The van der Waals surface area contributed by atoms with Crippen LogP contribution in [0.15, 0.2) is 58.3 Å². The van der Waals surface area contributed by atoms with Crippen LogP contribution in [0.25, 0.3) is 0 Å². The zero-order valence-electron chi connectivity index (χ0n) is 27.7. The summed E-state index contributed by atoms with van der Waals surface area (Å²) >= 11 is 0. The third-order valence-corrected chi connectivity index (χ3v) is 9.96. The van der Waals surface area contributed by atoms with Gasteiger partial charge in [-0.25, -0.2) is 16.8 Å². The predicted octanol–water partition coefficient (Wildman–Crippen LogP) is 10.1. The van der Waals surface area contributed by atoms with Crippen molar-refractivity contribution in [1.82, 2.24) is 0 Å². The number of unbranched alkanes of at least 4 members (excludes halogenated alkanes) is 18. The maximum Gasteiger partial charge on any atom is 2.00 e. The molecule has 45 heavy (non-hydrogen) atoms. The van der Waals surface area contributed by atoms with Crippen molar-refractivity contribution in [3.05, 3.63) is 59.7 Å². The van der Waals surface area contributed by atoms with Crippen LogP contribution in [0.2, 0.25) is 0 Å². The van der Waals surface area contributed by atoms with Crippen LogP contribution in [0.4, 0.5) is 0 Å². The van der Waals surface area contributed by atoms with Gasteiger partial charge in [0.05, 0.1) is 9.79 Å². The molecule has 0 fully saturated rings. The third-order valence-electron chi connectivity index (χ3n) is 8.08. The maximum absolute atomic E-state index is 11.2. The zero-order valence-corrected chi connectivity index (χ0v) is 30.3. The second-order valence-electron chi connectivity index (χ2n) is 12.0. The Balaban J connectivity index is 0.000000842. The Morgan fingerprint density at radius 3 is 0.933 bits per heavy atom. The van der Waals surface area contributed by atoms with E-state index >= 15 is 0 Å². The Morgan fingerprint density at radius 1 is 0.422 bits per heavy atom. The third kappa shape index (κ3) is 22.1. The predicted molar refractivity (Wildman–Crippen MR) is 180 cm³/mol. The van der Waals surface area contributed by atoms with Crippen LogP contribution in [-0.2, 0) is 50.1 Å². The van der Waals surface area contributed by atoms with E-state index in [1.807, 2.05) is 0 Å². The Kier molecular flexibility index (Phi) is 26.1. The van der Waals surface area contributed by atoms with E-state index in [4.69, 9.17) is 0 Å². The van der Waals surface area contributed by atoms with Crippen molar-refractivity contribution in [3.8, 4) is 0 Å². The van der Waals surface area contributed by atoms with Gasteiger partial charge >= 0.3 is 17.1 Å². The van der Waals surface area contributed by atoms with Crippen LogP contribution in [0.5, 0.6) is 0 Å². The number of rotatable bonds is 24. The Morgan fingerprint density at radius 2 is 0.667 bits per heavy atom. The summed E-state index contributed by atoms with van der Waals surface area (Å²) in [5, 5.41) is 0. The van der Waals surface area contributed by atoms with E-state index in [2.05, 4.69) is 13.8 Å². The molecule has 0 bridgehead atoms. The van der Waals surface area contributed by atoms with Gasteiger partial charge in [-0.3, -0.25) is 0 Å². The summed E-state index contributed by atoms with van der Waals surface area (Å²) in [6, 6.07) is 13.1. The van der Waals surface area contributed by atoms with E-state index in [-0.39, 0.29) is 26.9 Å². The van der Waals surface area contributed by atoms with E-state index in [1.165, 1.54) is 115 Å². The van der Waals surface area contributed by atoms with Crippen molar-refractivity contribution in [2.45, 2.75) is 165 Å². The summed E-state index contributed by atoms with van der Waals surface area (Å²) in [6.07, 6.45) is 26.3. The molecule has 2 rings (SSSR count). The summed E-state index contributed by atoms with van der Waals surface area (Å²) in [5.41, 5.74) is 1.33. The average Bonchev–Trinajstić information content (AvgIpc) is 2.99. The fraction of sp³-hybridized carbons (Fsp3) is 0.667. The molecule has 0 aliphatic carbocycles. The normalized spacial score (nSPS) is 11.5. The summed E-state index contributed by atoms with van der Waals surface area (Å²) in [7, 11) is -8.69. The molecule has 0 N–H and O–H groups in total. The first-order chi connectivity index (χ1) is 21.1. The van der Waals surface area contributed by atoms with Crippen molar-refractivity contribution in [3.63, 3.8) is 0 Å². The molecule has 0 unspecified atom stereocenters. The molecule has 0 saturated heterocycles. The Hall–Kier alpha value is -1.22. The first-order valence-electron chi connectivity index (χ1n) is 17.2. The summed E-state index contributed by atoms with van der Waals surface area (Å²) in [6.45, 7) is 4.46. The molecule has 0 amide bonds. The molecule has 0 aliphatic heterocycles. The van der Waals surface area contributed by atoms with Crippen LogP contribution in [0.1, 0.15) is 153 Å². The summed E-state index contributed by atoms with van der Waals surface area (Å²) in [4.78, 5) is -0.100. The van der Waals surface area contributed by atoms with Gasteiger partial charge in [0.2, 0.25) is 0 Å². The van der Waals surface area contributed by atoms with Crippen LogP contribution < -0.4 is 0 Å². The number of hydrogen-bond acceptors (Lipinski definition) is 6. The minimum Gasteiger partial charge on any atom is -0.744 e. The van der Waals surface area contributed by atoms with E-state index in [0.717, 1.165) is 25.7 Å². The number of aryl methyl sites for hydroxylation is 2. The first-order valence-corrected chi connectivity index (χ1v) is 20.0. The molecule has 0 saturated carbocycles. The van der Waals surface area contributed by atoms with E-state index in [0.29, 0.717) is 24.0 Å². The molecule has 0 aromatic heterocycles. The van der Waals surface area contributed by atoms with Crippen molar-refractivity contribution in [2.24, 2.45) is 0 Å². The smallest absolute Gasteiger partial charge is 0.744 e. The van der Waals surface area contributed by atoms with Gasteiger partial charge in [0, 0.05) is 0 Å². The standard InChI is InChI=1S/2C18H30O3S.Cu/c2*1-2-3-4-5-6-7-8-9-10-11-14-17-15-12-13-16-18(17)22(19,20)21;/h2*12-13,15-16H,2-11,14H2,1H3,(H,19,20,21);/q;;+2/p-2. The van der Waals surface area contributed by atoms with Crippen LogP contribution >= 0.6 is 0 Å². The quantitative estimate of drug-likeness (QED) is 0.0608. The molecule has 1 radical (unpaired) electrons. The van der Waals surface area contributed by atoms with E-state index < -0.39 is 20.2 Å². The fourth-order valence-electron chi connectivity index (χ4n) is 5.51. The minimum atomic E-state index is -4.35. The Labute approximate surface area is 286 Å². The van der Waals surface area contributed by atoms with Gasteiger partial charge < -0.3 is 9.11 Å². The molecule has 261 valence electrons. The van der Waals surface area contributed by atoms with Crippen molar-refractivity contribution in [2.75, 3.05) is 0 Å². The molecule has 2 aromatic carbocycles. The molecule has 2 aromatic rings. The van der Waals surface area contributed by atoms with Crippen molar-refractivity contribution < 1.29 is 43.0 Å². The molecule has 6 nitrogen and oxygen atoms in total. The van der Waals surface area contributed by atoms with Crippen LogP contribution in [0, 0.1) is 0 Å². The molecule has 0 spiro atoms. The fourth-order valence-corrected chi connectivity index (χ4v) is 6.99. The topological polar surface area (TPSA) is 114 Å². The molecular weight excluding hydrogens is 656 g/mol. The van der Waals surface area contributed by atoms with Gasteiger partial charge in [0.15, 0.2) is 0 Å². The second kappa shape index (κ2) is 26.8. The van der Waals surface area contributed by atoms with Gasteiger partial charge in [-0.05, 0) is 48.9 Å². The van der Waals surface area contributed by atoms with E-state index in [1.54, 1.807) is 36.4 Å². The average molecular weight is 715 g/mol. The minimum absolute atomic E-state index is 0. The second-order valence-corrected chi connectivity index (χ2v) is 14.7. The molecule has 0 atom stereocenters. The number of hydrogen-bond donors (Lipinski definition) is 0. The van der Waals surface area contributed by atoms with Gasteiger partial charge in [-0.15, -0.1) is 0 Å². The van der Waals surface area contributed by atoms with E-state index in [9.17, 15) is 25.9 Å². The van der Waals surface area contributed by atoms with Gasteiger partial charge in [0.1, 0.15) is 20.2 Å². The molecule has 0 heterocycles. The molecule has 9 heteroatoms. The van der Waals surface area contributed by atoms with Gasteiger partial charge in [-0.2, -0.15) is 0 Å². The monoisotopic (exact) mass is 713 g/mol. The molecular formula is C36H58CuO6S2. The molecule has 0 aliphatic rings. The van der Waals surface area contributed by atoms with Crippen molar-refractivity contribution >= 4 is 20.2 Å². The summed E-state index contributed by atoms with van der Waals surface area (Å²) < 4.78 is 67.1. The van der Waals surface area contributed by atoms with Gasteiger partial charge in [0.25, 0.3) is 0 Å². The number of benzene rings is 2. The van der Waals surface area contributed by atoms with Gasteiger partial charge in [-0.1, -0.05) is 166 Å². The van der Waals surface area contributed by atoms with Crippen LogP contribution in [-0.4, -0.2) is 25.9 Å². The Bertz CT molecular complexity index is 1120.